The summed E-state index contributed by atoms with van der Waals surface area (Å²) in [5.74, 6) is 0.410. The maximum absolute atomic E-state index is 13.6. The Labute approximate surface area is 102 Å². The summed E-state index contributed by atoms with van der Waals surface area (Å²) in [4.78, 5) is 0. The number of halogens is 1. The monoisotopic (exact) mass is 237 g/mol. The van der Waals surface area contributed by atoms with Gasteiger partial charge in [-0.25, -0.2) is 4.39 Å². The molecule has 0 amide bonds. The highest BCUT2D eigenvalue weighted by atomic mass is 19.1. The second kappa shape index (κ2) is 5.61. The number of rotatable bonds is 4. The first-order valence-electron chi connectivity index (χ1n) is 6.28. The summed E-state index contributed by atoms with van der Waals surface area (Å²) in [5, 5.41) is 3.39. The van der Waals surface area contributed by atoms with Crippen LogP contribution in [0, 0.1) is 11.7 Å². The zero-order chi connectivity index (χ0) is 12.3. The summed E-state index contributed by atoms with van der Waals surface area (Å²) in [6.07, 6.45) is 1.41. The van der Waals surface area contributed by atoms with Gasteiger partial charge in [0.15, 0.2) is 0 Å². The van der Waals surface area contributed by atoms with E-state index in [9.17, 15) is 4.39 Å². The van der Waals surface area contributed by atoms with Gasteiger partial charge in [0.05, 0.1) is 6.10 Å². The second-order valence-electron chi connectivity index (χ2n) is 4.78. The van der Waals surface area contributed by atoms with Crippen molar-refractivity contribution in [2.75, 3.05) is 13.2 Å². The predicted octanol–water partition coefficient (Wildman–Crippen LogP) is 2.90. The van der Waals surface area contributed by atoms with E-state index in [1.54, 1.807) is 6.07 Å². The van der Waals surface area contributed by atoms with Gasteiger partial charge in [-0.1, -0.05) is 18.2 Å². The van der Waals surface area contributed by atoms with Crippen molar-refractivity contribution in [2.24, 2.45) is 5.92 Å². The molecule has 1 heterocycles. The molecule has 1 aliphatic heterocycles. The van der Waals surface area contributed by atoms with Crippen LogP contribution in [0.4, 0.5) is 4.39 Å². The normalized spacial score (nSPS) is 26.1. The van der Waals surface area contributed by atoms with Crippen molar-refractivity contribution in [1.29, 1.82) is 0 Å². The largest absolute Gasteiger partial charge is 0.378 e. The van der Waals surface area contributed by atoms with Gasteiger partial charge in [0.25, 0.3) is 0 Å². The van der Waals surface area contributed by atoms with Gasteiger partial charge in [-0.05, 0) is 32.3 Å². The van der Waals surface area contributed by atoms with E-state index in [-0.39, 0.29) is 11.9 Å². The lowest BCUT2D eigenvalue weighted by Gasteiger charge is -2.19. The maximum Gasteiger partial charge on any atom is 0.127 e. The van der Waals surface area contributed by atoms with Crippen LogP contribution in [0.15, 0.2) is 24.3 Å². The molecular formula is C14H20FNO. The van der Waals surface area contributed by atoms with E-state index in [4.69, 9.17) is 4.74 Å². The van der Waals surface area contributed by atoms with Crippen LogP contribution in [0.1, 0.15) is 31.9 Å². The SMILES string of the molecule is CC(NCC1CCOC1C)c1ccccc1F. The molecule has 0 saturated carbocycles. The molecule has 0 radical (unpaired) electrons. The average molecular weight is 237 g/mol. The number of hydrogen-bond acceptors (Lipinski definition) is 2. The van der Waals surface area contributed by atoms with E-state index in [1.165, 1.54) is 6.07 Å². The topological polar surface area (TPSA) is 21.3 Å². The zero-order valence-electron chi connectivity index (χ0n) is 10.4. The fourth-order valence-corrected chi connectivity index (χ4v) is 2.31. The highest BCUT2D eigenvalue weighted by Crippen LogP contribution is 2.21. The Bertz CT molecular complexity index is 369. The summed E-state index contributed by atoms with van der Waals surface area (Å²) in [7, 11) is 0. The minimum atomic E-state index is -0.136. The molecule has 0 spiro atoms. The molecule has 0 aliphatic carbocycles. The number of ether oxygens (including phenoxy) is 1. The molecule has 3 heteroatoms. The van der Waals surface area contributed by atoms with Crippen molar-refractivity contribution < 1.29 is 9.13 Å². The lowest BCUT2D eigenvalue weighted by molar-refractivity contribution is 0.105. The van der Waals surface area contributed by atoms with Crippen LogP contribution >= 0.6 is 0 Å². The second-order valence-corrected chi connectivity index (χ2v) is 4.78. The van der Waals surface area contributed by atoms with Gasteiger partial charge in [0.1, 0.15) is 5.82 Å². The molecule has 1 aromatic rings. The quantitative estimate of drug-likeness (QED) is 0.869. The number of hydrogen-bond donors (Lipinski definition) is 1. The zero-order valence-corrected chi connectivity index (χ0v) is 10.4. The van der Waals surface area contributed by atoms with Gasteiger partial charge in [-0.15, -0.1) is 0 Å². The Kier molecular flexibility index (Phi) is 4.13. The Hall–Kier alpha value is -0.930. The van der Waals surface area contributed by atoms with Crippen LogP contribution in [0.2, 0.25) is 0 Å². The first kappa shape index (κ1) is 12.5. The Morgan fingerprint density at radius 2 is 2.24 bits per heavy atom. The minimum absolute atomic E-state index is 0.0454. The molecule has 3 unspecified atom stereocenters. The van der Waals surface area contributed by atoms with Crippen LogP contribution in [-0.4, -0.2) is 19.3 Å². The lowest BCUT2D eigenvalue weighted by atomic mass is 10.0. The molecular weight excluding hydrogens is 217 g/mol. The smallest absolute Gasteiger partial charge is 0.127 e. The van der Waals surface area contributed by atoms with E-state index in [0.717, 1.165) is 25.1 Å². The van der Waals surface area contributed by atoms with Crippen LogP contribution in [-0.2, 0) is 4.74 Å². The molecule has 2 rings (SSSR count). The molecule has 0 aromatic heterocycles. The fraction of sp³-hybridized carbons (Fsp3) is 0.571. The van der Waals surface area contributed by atoms with E-state index in [2.05, 4.69) is 12.2 Å². The predicted molar refractivity (Wildman–Crippen MR) is 66.3 cm³/mol. The van der Waals surface area contributed by atoms with Crippen LogP contribution in [0.5, 0.6) is 0 Å². The maximum atomic E-state index is 13.6. The van der Waals surface area contributed by atoms with Gasteiger partial charge in [0, 0.05) is 24.8 Å². The summed E-state index contributed by atoms with van der Waals surface area (Å²) in [5.41, 5.74) is 0.735. The van der Waals surface area contributed by atoms with Crippen molar-refractivity contribution in [3.05, 3.63) is 35.6 Å². The van der Waals surface area contributed by atoms with Gasteiger partial charge in [-0.3, -0.25) is 0 Å². The van der Waals surface area contributed by atoms with Gasteiger partial charge in [-0.2, -0.15) is 0 Å². The summed E-state index contributed by atoms with van der Waals surface area (Å²) < 4.78 is 19.1. The molecule has 1 N–H and O–H groups in total. The van der Waals surface area contributed by atoms with Crippen LogP contribution < -0.4 is 5.32 Å². The van der Waals surface area contributed by atoms with E-state index in [0.29, 0.717) is 12.0 Å². The van der Waals surface area contributed by atoms with E-state index in [1.807, 2.05) is 19.1 Å². The Morgan fingerprint density at radius 3 is 2.88 bits per heavy atom. The third-order valence-corrected chi connectivity index (χ3v) is 3.59. The number of nitrogens with one attached hydrogen (secondary N) is 1. The average Bonchev–Trinajstić information content (AvgIpc) is 2.72. The summed E-state index contributed by atoms with van der Waals surface area (Å²) in [6.45, 7) is 5.84. The number of benzene rings is 1. The molecule has 0 bridgehead atoms. The van der Waals surface area contributed by atoms with Crippen LogP contribution in [0.3, 0.4) is 0 Å². The van der Waals surface area contributed by atoms with Crippen molar-refractivity contribution >= 4 is 0 Å². The van der Waals surface area contributed by atoms with Gasteiger partial charge in [0.2, 0.25) is 0 Å². The Morgan fingerprint density at radius 1 is 1.47 bits per heavy atom. The standard InChI is InChI=1S/C14H20FNO/c1-10(13-5-3-4-6-14(13)15)16-9-12-7-8-17-11(12)2/h3-6,10-12,16H,7-9H2,1-2H3. The van der Waals surface area contributed by atoms with E-state index >= 15 is 0 Å². The van der Waals surface area contributed by atoms with Gasteiger partial charge < -0.3 is 10.1 Å². The molecule has 1 saturated heterocycles. The van der Waals surface area contributed by atoms with Crippen LogP contribution in [0.25, 0.3) is 0 Å². The first-order chi connectivity index (χ1) is 8.18. The molecule has 2 nitrogen and oxygen atoms in total. The highest BCUT2D eigenvalue weighted by Gasteiger charge is 2.24. The summed E-state index contributed by atoms with van der Waals surface area (Å²) in [6, 6.07) is 6.98. The third kappa shape index (κ3) is 3.05. The molecule has 1 aromatic carbocycles. The summed E-state index contributed by atoms with van der Waals surface area (Å²) >= 11 is 0. The van der Waals surface area contributed by atoms with Crippen molar-refractivity contribution in [3.8, 4) is 0 Å². The minimum Gasteiger partial charge on any atom is -0.378 e. The fourth-order valence-electron chi connectivity index (χ4n) is 2.31. The van der Waals surface area contributed by atoms with E-state index < -0.39 is 0 Å². The molecule has 1 fully saturated rings. The Balaban J connectivity index is 1.89. The highest BCUT2D eigenvalue weighted by molar-refractivity contribution is 5.20. The van der Waals surface area contributed by atoms with Crippen molar-refractivity contribution in [2.45, 2.75) is 32.4 Å². The third-order valence-electron chi connectivity index (χ3n) is 3.59. The van der Waals surface area contributed by atoms with Crippen molar-refractivity contribution in [1.82, 2.24) is 5.32 Å². The molecule has 1 aliphatic rings. The molecule has 17 heavy (non-hydrogen) atoms. The van der Waals surface area contributed by atoms with Gasteiger partial charge >= 0.3 is 0 Å². The van der Waals surface area contributed by atoms with Crippen molar-refractivity contribution in [3.63, 3.8) is 0 Å². The molecule has 3 atom stereocenters. The lowest BCUT2D eigenvalue weighted by Crippen LogP contribution is -2.29. The molecule has 94 valence electrons. The first-order valence-corrected chi connectivity index (χ1v) is 6.28.